The standard InChI is InChI=1S/C26H23Cl3N2O3/c27-26(28,29)24(32)30-21(16-18-10-4-1-5-11-18)23-31-22(17-34-23)25(33,19-12-6-2-7-13-19)20-14-8-3-9-15-20/h1-15,21-22,33H,16-17H2,(H,30,32)/t21-,22+/m1/s1. The first-order valence-electron chi connectivity index (χ1n) is 10.7. The van der Waals surface area contributed by atoms with Gasteiger partial charge in [-0.3, -0.25) is 4.79 Å². The van der Waals surface area contributed by atoms with E-state index in [2.05, 4.69) is 5.32 Å². The van der Waals surface area contributed by atoms with Crippen LogP contribution in [-0.2, 0) is 21.6 Å². The molecule has 0 aliphatic carbocycles. The molecule has 1 aliphatic heterocycles. The first-order valence-corrected chi connectivity index (χ1v) is 11.9. The number of hydrogen-bond acceptors (Lipinski definition) is 4. The molecular weight excluding hydrogens is 495 g/mol. The van der Waals surface area contributed by atoms with Crippen molar-refractivity contribution in [3.63, 3.8) is 0 Å². The number of ether oxygens (including phenoxy) is 1. The van der Waals surface area contributed by atoms with Gasteiger partial charge in [0.2, 0.25) is 5.90 Å². The normalized spacial score (nSPS) is 16.9. The van der Waals surface area contributed by atoms with Gasteiger partial charge in [-0.15, -0.1) is 0 Å². The highest BCUT2D eigenvalue weighted by molar-refractivity contribution is 6.76. The van der Waals surface area contributed by atoms with Crippen LogP contribution in [0.4, 0.5) is 0 Å². The molecule has 2 N–H and O–H groups in total. The summed E-state index contributed by atoms with van der Waals surface area (Å²) in [7, 11) is 0. The Balaban J connectivity index is 1.70. The molecule has 0 saturated carbocycles. The first-order chi connectivity index (χ1) is 16.3. The smallest absolute Gasteiger partial charge is 0.272 e. The zero-order chi connectivity index (χ0) is 24.2. The van der Waals surface area contributed by atoms with Crippen LogP contribution in [-0.4, -0.2) is 39.4 Å². The monoisotopic (exact) mass is 516 g/mol. The lowest BCUT2D eigenvalue weighted by molar-refractivity contribution is -0.120. The van der Waals surface area contributed by atoms with Gasteiger partial charge in [-0.05, 0) is 16.7 Å². The molecule has 3 aromatic rings. The second-order valence-corrected chi connectivity index (χ2v) is 10.3. The molecule has 1 amide bonds. The van der Waals surface area contributed by atoms with E-state index in [0.717, 1.165) is 5.56 Å². The summed E-state index contributed by atoms with van der Waals surface area (Å²) in [5.41, 5.74) is 0.864. The largest absolute Gasteiger partial charge is 0.477 e. The summed E-state index contributed by atoms with van der Waals surface area (Å²) in [5, 5.41) is 14.7. The van der Waals surface area contributed by atoms with E-state index in [1.165, 1.54) is 0 Å². The van der Waals surface area contributed by atoms with Gasteiger partial charge in [0.15, 0.2) is 0 Å². The van der Waals surface area contributed by atoms with E-state index < -0.39 is 27.4 Å². The van der Waals surface area contributed by atoms with E-state index in [0.29, 0.717) is 17.5 Å². The van der Waals surface area contributed by atoms with Gasteiger partial charge >= 0.3 is 0 Å². The number of carbonyl (C=O) groups excluding carboxylic acids is 1. The molecule has 176 valence electrons. The van der Waals surface area contributed by atoms with Gasteiger partial charge in [-0.1, -0.05) is 126 Å². The van der Waals surface area contributed by atoms with Gasteiger partial charge < -0.3 is 15.2 Å². The number of nitrogens with zero attached hydrogens (tertiary/aromatic N) is 1. The molecule has 1 heterocycles. The van der Waals surface area contributed by atoms with Crippen molar-refractivity contribution < 1.29 is 14.6 Å². The van der Waals surface area contributed by atoms with Crippen LogP contribution in [0.3, 0.4) is 0 Å². The minimum Gasteiger partial charge on any atom is -0.477 e. The fraction of sp³-hybridized carbons (Fsp3) is 0.231. The molecule has 0 saturated heterocycles. The maximum atomic E-state index is 12.5. The SMILES string of the molecule is O=C(N[C@H](Cc1ccccc1)C1=N[C@H](C(O)(c2ccccc2)c2ccccc2)CO1)C(Cl)(Cl)Cl. The Bertz CT molecular complexity index is 1100. The van der Waals surface area contributed by atoms with Crippen LogP contribution in [0, 0.1) is 0 Å². The lowest BCUT2D eigenvalue weighted by Crippen LogP contribution is -2.47. The Hall–Kier alpha value is -2.57. The van der Waals surface area contributed by atoms with Crippen LogP contribution in [0.1, 0.15) is 16.7 Å². The number of halogens is 3. The van der Waals surface area contributed by atoms with E-state index in [9.17, 15) is 9.90 Å². The summed E-state index contributed by atoms with van der Waals surface area (Å²) in [4.78, 5) is 17.2. The Morgan fingerprint density at radius 2 is 1.44 bits per heavy atom. The third kappa shape index (κ3) is 5.39. The van der Waals surface area contributed by atoms with Crippen LogP contribution < -0.4 is 5.32 Å². The van der Waals surface area contributed by atoms with Gasteiger partial charge in [0.1, 0.15) is 24.3 Å². The molecule has 8 heteroatoms. The quantitative estimate of drug-likeness (QED) is 0.442. The van der Waals surface area contributed by atoms with Crippen LogP contribution in [0.25, 0.3) is 0 Å². The van der Waals surface area contributed by atoms with Crippen LogP contribution >= 0.6 is 34.8 Å². The summed E-state index contributed by atoms with van der Waals surface area (Å²) in [6, 6.07) is 26.8. The summed E-state index contributed by atoms with van der Waals surface area (Å²) < 4.78 is 3.81. The highest BCUT2D eigenvalue weighted by Crippen LogP contribution is 2.37. The van der Waals surface area contributed by atoms with Gasteiger partial charge in [-0.2, -0.15) is 0 Å². The lowest BCUT2D eigenvalue weighted by atomic mass is 9.81. The number of benzene rings is 3. The molecule has 4 rings (SSSR count). The number of alkyl halides is 3. The number of aliphatic hydroxyl groups is 1. The van der Waals surface area contributed by atoms with Gasteiger partial charge in [0.05, 0.1) is 0 Å². The molecule has 1 aliphatic rings. The topological polar surface area (TPSA) is 70.9 Å². The van der Waals surface area contributed by atoms with Crippen molar-refractivity contribution in [1.29, 1.82) is 0 Å². The molecule has 3 aromatic carbocycles. The number of nitrogens with one attached hydrogen (secondary N) is 1. The molecule has 0 aromatic heterocycles. The first kappa shape index (κ1) is 24.6. The van der Waals surface area contributed by atoms with Gasteiger partial charge in [-0.25, -0.2) is 4.99 Å². The number of carbonyl (C=O) groups is 1. The average molecular weight is 518 g/mol. The zero-order valence-electron chi connectivity index (χ0n) is 18.1. The molecule has 5 nitrogen and oxygen atoms in total. The number of rotatable bonds is 7. The van der Waals surface area contributed by atoms with E-state index >= 15 is 0 Å². The average Bonchev–Trinajstić information content (AvgIpc) is 3.35. The number of amides is 1. The molecule has 34 heavy (non-hydrogen) atoms. The summed E-state index contributed by atoms with van der Waals surface area (Å²) in [5.74, 6) is -0.517. The summed E-state index contributed by atoms with van der Waals surface area (Å²) in [6.45, 7) is 0.116. The van der Waals surface area contributed by atoms with Crippen molar-refractivity contribution in [2.75, 3.05) is 6.61 Å². The maximum absolute atomic E-state index is 12.5. The minimum atomic E-state index is -2.14. The Labute approximate surface area is 213 Å². The van der Waals surface area contributed by atoms with E-state index in [4.69, 9.17) is 44.5 Å². The van der Waals surface area contributed by atoms with Crippen LogP contribution in [0.5, 0.6) is 0 Å². The second-order valence-electron chi connectivity index (χ2n) is 8.01. The molecule has 0 bridgehead atoms. The van der Waals surface area contributed by atoms with Crippen LogP contribution in [0.2, 0.25) is 0 Å². The maximum Gasteiger partial charge on any atom is 0.272 e. The van der Waals surface area contributed by atoms with Crippen molar-refractivity contribution >= 4 is 46.6 Å². The molecule has 0 fully saturated rings. The number of aliphatic imine (C=N–C) groups is 1. The van der Waals surface area contributed by atoms with Crippen LogP contribution in [0.15, 0.2) is 96.0 Å². The molecule has 0 radical (unpaired) electrons. The zero-order valence-corrected chi connectivity index (χ0v) is 20.3. The molecule has 0 spiro atoms. The molecule has 0 unspecified atom stereocenters. The van der Waals surface area contributed by atoms with E-state index in [-0.39, 0.29) is 12.5 Å². The van der Waals surface area contributed by atoms with Crippen molar-refractivity contribution in [2.24, 2.45) is 4.99 Å². The summed E-state index contributed by atoms with van der Waals surface area (Å²) in [6.07, 6.45) is 0.369. The number of hydrogen-bond donors (Lipinski definition) is 2. The third-order valence-corrected chi connectivity index (χ3v) is 6.24. The predicted molar refractivity (Wildman–Crippen MR) is 135 cm³/mol. The second kappa shape index (κ2) is 10.4. The molecular formula is C26H23Cl3N2O3. The fourth-order valence-electron chi connectivity index (χ4n) is 4.02. The Morgan fingerprint density at radius 3 is 1.94 bits per heavy atom. The Kier molecular flexibility index (Phi) is 7.48. The van der Waals surface area contributed by atoms with E-state index in [1.54, 1.807) is 0 Å². The lowest BCUT2D eigenvalue weighted by Gasteiger charge is -2.32. The van der Waals surface area contributed by atoms with Crippen molar-refractivity contribution in [1.82, 2.24) is 5.32 Å². The predicted octanol–water partition coefficient (Wildman–Crippen LogP) is 4.82. The summed E-state index contributed by atoms with van der Waals surface area (Å²) >= 11 is 17.4. The fourth-order valence-corrected chi connectivity index (χ4v) is 4.19. The molecule has 2 atom stereocenters. The van der Waals surface area contributed by atoms with Gasteiger partial charge in [0.25, 0.3) is 9.70 Å². The van der Waals surface area contributed by atoms with E-state index in [1.807, 2.05) is 91.0 Å². The third-order valence-electron chi connectivity index (χ3n) is 5.73. The van der Waals surface area contributed by atoms with Gasteiger partial charge in [0, 0.05) is 6.42 Å². The van der Waals surface area contributed by atoms with Crippen molar-refractivity contribution in [2.45, 2.75) is 27.9 Å². The minimum absolute atomic E-state index is 0.116. The highest BCUT2D eigenvalue weighted by atomic mass is 35.6. The Morgan fingerprint density at radius 1 is 0.941 bits per heavy atom. The van der Waals surface area contributed by atoms with Crippen molar-refractivity contribution in [3.8, 4) is 0 Å². The highest BCUT2D eigenvalue weighted by Gasteiger charge is 2.45. The van der Waals surface area contributed by atoms with Crippen molar-refractivity contribution in [3.05, 3.63) is 108 Å².